The molecule has 1 aliphatic rings. The van der Waals surface area contributed by atoms with Crippen LogP contribution in [0.5, 0.6) is 17.2 Å². The Morgan fingerprint density at radius 3 is 2.58 bits per heavy atom. The number of carbonyl (C=O) groups excluding carboxylic acids is 1. The number of allylic oxidation sites excluding steroid dienone is 1. The first kappa shape index (κ1) is 18.0. The molecule has 7 heteroatoms. The van der Waals surface area contributed by atoms with E-state index in [2.05, 4.69) is 0 Å². The number of hydrogen-bond donors (Lipinski definition) is 0. The van der Waals surface area contributed by atoms with Gasteiger partial charge in [0.25, 0.3) is 0 Å². The smallest absolute Gasteiger partial charge is 0.338 e. The molecule has 0 atom stereocenters. The Labute approximate surface area is 151 Å². The van der Waals surface area contributed by atoms with Gasteiger partial charge >= 0.3 is 5.97 Å². The van der Waals surface area contributed by atoms with Crippen LogP contribution in [0.1, 0.15) is 22.8 Å². The maximum absolute atomic E-state index is 12.1. The van der Waals surface area contributed by atoms with Crippen LogP contribution >= 0.6 is 0 Å². The first-order chi connectivity index (χ1) is 12.4. The zero-order valence-corrected chi connectivity index (χ0v) is 15.2. The first-order valence-corrected chi connectivity index (χ1v) is 9.91. The molecule has 2 aromatic rings. The lowest BCUT2D eigenvalue weighted by molar-refractivity contribution is 0.0525. The number of benzene rings is 2. The summed E-state index contributed by atoms with van der Waals surface area (Å²) in [5.41, 5.74) is 1.12. The molecule has 0 saturated heterocycles. The van der Waals surface area contributed by atoms with Gasteiger partial charge in [0.1, 0.15) is 17.2 Å². The molecule has 0 saturated carbocycles. The van der Waals surface area contributed by atoms with Gasteiger partial charge in [-0.05, 0) is 49.4 Å². The predicted octanol–water partition coefficient (Wildman–Crippen LogP) is 3.51. The molecule has 0 spiro atoms. The standard InChI is InChI=1S/C19H18O6S/c1-3-23-19(20)13-11-17-16(5-4-10-24-17)18(12-13)25-14-6-8-15(9-7-14)26(2,21)22/h4,6-12H,3,5H2,1-2H3. The molecule has 1 heterocycles. The van der Waals surface area contributed by atoms with Crippen molar-refractivity contribution in [1.29, 1.82) is 0 Å². The fourth-order valence-corrected chi connectivity index (χ4v) is 3.15. The Morgan fingerprint density at radius 2 is 1.92 bits per heavy atom. The summed E-state index contributed by atoms with van der Waals surface area (Å²) < 4.78 is 39.5. The molecule has 26 heavy (non-hydrogen) atoms. The van der Waals surface area contributed by atoms with E-state index in [1.54, 1.807) is 37.5 Å². The van der Waals surface area contributed by atoms with Crippen LogP contribution in [0.15, 0.2) is 53.6 Å². The molecule has 0 amide bonds. The van der Waals surface area contributed by atoms with E-state index in [9.17, 15) is 13.2 Å². The minimum absolute atomic E-state index is 0.207. The molecule has 3 rings (SSSR count). The van der Waals surface area contributed by atoms with E-state index in [0.29, 0.717) is 29.2 Å². The number of hydrogen-bond acceptors (Lipinski definition) is 6. The van der Waals surface area contributed by atoms with Crippen LogP contribution in [0.25, 0.3) is 0 Å². The molecule has 2 aromatic carbocycles. The van der Waals surface area contributed by atoms with Gasteiger partial charge in [0.05, 0.1) is 23.3 Å². The van der Waals surface area contributed by atoms with E-state index in [0.717, 1.165) is 11.8 Å². The molecular weight excluding hydrogens is 356 g/mol. The van der Waals surface area contributed by atoms with Gasteiger partial charge in [0, 0.05) is 18.2 Å². The zero-order valence-electron chi connectivity index (χ0n) is 14.4. The minimum Gasteiger partial charge on any atom is -0.465 e. The van der Waals surface area contributed by atoms with Gasteiger partial charge in [0.2, 0.25) is 0 Å². The highest BCUT2D eigenvalue weighted by atomic mass is 32.2. The van der Waals surface area contributed by atoms with Crippen molar-refractivity contribution in [2.45, 2.75) is 18.2 Å². The van der Waals surface area contributed by atoms with E-state index in [1.165, 1.54) is 12.1 Å². The van der Waals surface area contributed by atoms with E-state index in [-0.39, 0.29) is 11.5 Å². The quantitative estimate of drug-likeness (QED) is 0.745. The second-order valence-corrected chi connectivity index (χ2v) is 7.73. The van der Waals surface area contributed by atoms with E-state index in [1.807, 2.05) is 6.08 Å². The Hall–Kier alpha value is -2.80. The summed E-state index contributed by atoms with van der Waals surface area (Å²) in [5.74, 6) is 0.976. The Kier molecular flexibility index (Phi) is 4.99. The molecule has 0 radical (unpaired) electrons. The van der Waals surface area contributed by atoms with Gasteiger partial charge in [-0.2, -0.15) is 0 Å². The monoisotopic (exact) mass is 374 g/mol. The molecule has 0 bridgehead atoms. The topological polar surface area (TPSA) is 78.9 Å². The van der Waals surface area contributed by atoms with Crippen LogP contribution in [-0.2, 0) is 21.0 Å². The number of carbonyl (C=O) groups is 1. The van der Waals surface area contributed by atoms with Crippen LogP contribution in [-0.4, -0.2) is 27.2 Å². The van der Waals surface area contributed by atoms with Crippen LogP contribution in [0.3, 0.4) is 0 Å². The molecule has 0 aromatic heterocycles. The summed E-state index contributed by atoms with van der Waals surface area (Å²) in [6.45, 7) is 2.00. The highest BCUT2D eigenvalue weighted by Crippen LogP contribution is 2.36. The number of ether oxygens (including phenoxy) is 3. The van der Waals surface area contributed by atoms with Crippen LogP contribution < -0.4 is 9.47 Å². The summed E-state index contributed by atoms with van der Waals surface area (Å²) in [6.07, 6.45) is 5.13. The Bertz CT molecular complexity index is 958. The number of sulfone groups is 1. The molecule has 0 N–H and O–H groups in total. The van der Waals surface area contributed by atoms with Gasteiger partial charge in [-0.3, -0.25) is 0 Å². The third-order valence-electron chi connectivity index (χ3n) is 3.77. The van der Waals surface area contributed by atoms with Gasteiger partial charge in [-0.15, -0.1) is 0 Å². The largest absolute Gasteiger partial charge is 0.465 e. The van der Waals surface area contributed by atoms with Crippen molar-refractivity contribution in [1.82, 2.24) is 0 Å². The van der Waals surface area contributed by atoms with Gasteiger partial charge < -0.3 is 14.2 Å². The predicted molar refractivity (Wildman–Crippen MR) is 95.5 cm³/mol. The summed E-state index contributed by atoms with van der Waals surface area (Å²) >= 11 is 0. The molecule has 0 aliphatic carbocycles. The molecule has 136 valence electrons. The second kappa shape index (κ2) is 7.21. The average molecular weight is 374 g/mol. The third kappa shape index (κ3) is 3.88. The minimum atomic E-state index is -3.28. The summed E-state index contributed by atoms with van der Waals surface area (Å²) in [7, 11) is -3.28. The van der Waals surface area contributed by atoms with Crippen molar-refractivity contribution >= 4 is 15.8 Å². The number of rotatable bonds is 5. The van der Waals surface area contributed by atoms with Crippen molar-refractivity contribution in [3.8, 4) is 17.2 Å². The zero-order chi connectivity index (χ0) is 18.7. The Balaban J connectivity index is 1.96. The number of esters is 1. The summed E-state index contributed by atoms with van der Waals surface area (Å²) in [4.78, 5) is 12.3. The summed E-state index contributed by atoms with van der Waals surface area (Å²) in [6, 6.07) is 9.31. The maximum atomic E-state index is 12.1. The lowest BCUT2D eigenvalue weighted by atomic mass is 10.0. The fraction of sp³-hybridized carbons (Fsp3) is 0.211. The second-order valence-electron chi connectivity index (χ2n) is 5.71. The van der Waals surface area contributed by atoms with Gasteiger partial charge in [-0.1, -0.05) is 0 Å². The van der Waals surface area contributed by atoms with Crippen LogP contribution in [0, 0.1) is 0 Å². The molecular formula is C19H18O6S. The van der Waals surface area contributed by atoms with Gasteiger partial charge in [0.15, 0.2) is 9.84 Å². The molecule has 0 fully saturated rings. The molecule has 6 nitrogen and oxygen atoms in total. The van der Waals surface area contributed by atoms with Crippen LogP contribution in [0.2, 0.25) is 0 Å². The maximum Gasteiger partial charge on any atom is 0.338 e. The molecule has 1 aliphatic heterocycles. The lowest BCUT2D eigenvalue weighted by Crippen LogP contribution is -2.08. The molecule has 0 unspecified atom stereocenters. The summed E-state index contributed by atoms with van der Waals surface area (Å²) in [5, 5.41) is 0. The SMILES string of the molecule is CCOC(=O)c1cc2c(c(Oc3ccc(S(C)(=O)=O)cc3)c1)CC=CO2. The Morgan fingerprint density at radius 1 is 1.19 bits per heavy atom. The van der Waals surface area contributed by atoms with Crippen LogP contribution in [0.4, 0.5) is 0 Å². The third-order valence-corrected chi connectivity index (χ3v) is 4.90. The van der Waals surface area contributed by atoms with Crippen molar-refractivity contribution in [3.05, 3.63) is 59.9 Å². The normalized spacial score (nSPS) is 12.8. The highest BCUT2D eigenvalue weighted by molar-refractivity contribution is 7.90. The fourth-order valence-electron chi connectivity index (χ4n) is 2.52. The van der Waals surface area contributed by atoms with E-state index in [4.69, 9.17) is 14.2 Å². The first-order valence-electron chi connectivity index (χ1n) is 8.02. The van der Waals surface area contributed by atoms with Crippen molar-refractivity contribution < 1.29 is 27.4 Å². The van der Waals surface area contributed by atoms with Crippen molar-refractivity contribution in [2.24, 2.45) is 0 Å². The highest BCUT2D eigenvalue weighted by Gasteiger charge is 2.19. The van der Waals surface area contributed by atoms with Gasteiger partial charge in [-0.25, -0.2) is 13.2 Å². The van der Waals surface area contributed by atoms with Crippen molar-refractivity contribution in [3.63, 3.8) is 0 Å². The number of fused-ring (bicyclic) bond motifs is 1. The average Bonchev–Trinajstić information content (AvgIpc) is 2.61. The lowest BCUT2D eigenvalue weighted by Gasteiger charge is -2.18. The van der Waals surface area contributed by atoms with E-state index >= 15 is 0 Å². The van der Waals surface area contributed by atoms with E-state index < -0.39 is 15.8 Å². The van der Waals surface area contributed by atoms with Crippen molar-refractivity contribution in [2.75, 3.05) is 12.9 Å².